The molecule has 0 radical (unpaired) electrons. The van der Waals surface area contributed by atoms with E-state index in [0.29, 0.717) is 11.8 Å². The van der Waals surface area contributed by atoms with Gasteiger partial charge in [0.2, 0.25) is 0 Å². The minimum Gasteiger partial charge on any atom is -0.355 e. The molecule has 0 saturated carbocycles. The fourth-order valence-electron chi connectivity index (χ4n) is 2.58. The summed E-state index contributed by atoms with van der Waals surface area (Å²) >= 11 is 5.81. The van der Waals surface area contributed by atoms with Crippen molar-refractivity contribution in [3.8, 4) is 0 Å². The second-order valence-corrected chi connectivity index (χ2v) is 5.11. The second kappa shape index (κ2) is 5.57. The number of rotatable bonds is 3. The molecule has 19 heavy (non-hydrogen) atoms. The molecule has 1 saturated heterocycles. The molecule has 0 bridgehead atoms. The van der Waals surface area contributed by atoms with Gasteiger partial charge in [-0.2, -0.15) is 0 Å². The van der Waals surface area contributed by atoms with Gasteiger partial charge in [0.05, 0.1) is 17.8 Å². The number of hydrogen-bond donors (Lipinski definition) is 0. The van der Waals surface area contributed by atoms with Crippen molar-refractivity contribution in [2.24, 2.45) is 0 Å². The average Bonchev–Trinajstić information content (AvgIpc) is 2.98. The van der Waals surface area contributed by atoms with Gasteiger partial charge in [-0.25, -0.2) is 4.98 Å². The van der Waals surface area contributed by atoms with Crippen LogP contribution in [-0.2, 0) is 5.88 Å². The maximum atomic E-state index is 5.81. The van der Waals surface area contributed by atoms with E-state index in [-0.39, 0.29) is 0 Å². The molecule has 4 heteroatoms. The van der Waals surface area contributed by atoms with Gasteiger partial charge >= 0.3 is 0 Å². The van der Waals surface area contributed by atoms with Crippen LogP contribution in [0.4, 0.5) is 5.82 Å². The topological polar surface area (TPSA) is 29.0 Å². The van der Waals surface area contributed by atoms with E-state index in [1.54, 1.807) is 6.20 Å². The van der Waals surface area contributed by atoms with E-state index in [4.69, 9.17) is 11.6 Å². The highest BCUT2D eigenvalue weighted by molar-refractivity contribution is 6.16. The van der Waals surface area contributed by atoms with Crippen molar-refractivity contribution in [1.29, 1.82) is 0 Å². The van der Waals surface area contributed by atoms with Crippen LogP contribution in [-0.4, -0.2) is 23.1 Å². The molecule has 3 nitrogen and oxygen atoms in total. The van der Waals surface area contributed by atoms with Crippen molar-refractivity contribution < 1.29 is 0 Å². The molecule has 1 atom stereocenters. The van der Waals surface area contributed by atoms with Gasteiger partial charge in [0.15, 0.2) is 0 Å². The van der Waals surface area contributed by atoms with Gasteiger partial charge in [-0.1, -0.05) is 30.3 Å². The standard InChI is InChI=1S/C15H16ClN3/c16-8-14-9-17-10-15(18-14)19-7-6-13(11-19)12-4-2-1-3-5-12/h1-5,9-10,13H,6-8,11H2. The third-order valence-corrected chi connectivity index (χ3v) is 3.87. The molecule has 1 aliphatic rings. The summed E-state index contributed by atoms with van der Waals surface area (Å²) < 4.78 is 0. The second-order valence-electron chi connectivity index (χ2n) is 4.84. The van der Waals surface area contributed by atoms with Crippen LogP contribution < -0.4 is 4.90 Å². The molecule has 1 aliphatic heterocycles. The van der Waals surface area contributed by atoms with E-state index in [1.807, 2.05) is 6.20 Å². The lowest BCUT2D eigenvalue weighted by Crippen LogP contribution is -2.21. The maximum absolute atomic E-state index is 5.81. The van der Waals surface area contributed by atoms with Crippen molar-refractivity contribution in [3.63, 3.8) is 0 Å². The molecule has 1 fully saturated rings. The highest BCUT2D eigenvalue weighted by Gasteiger charge is 2.24. The van der Waals surface area contributed by atoms with Gasteiger partial charge in [-0.3, -0.25) is 4.98 Å². The summed E-state index contributed by atoms with van der Waals surface area (Å²) in [5.41, 5.74) is 2.24. The molecule has 1 unspecified atom stereocenters. The van der Waals surface area contributed by atoms with E-state index in [9.17, 15) is 0 Å². The van der Waals surface area contributed by atoms with Gasteiger partial charge < -0.3 is 4.90 Å². The zero-order valence-corrected chi connectivity index (χ0v) is 11.4. The lowest BCUT2D eigenvalue weighted by molar-refractivity contribution is 0.774. The Kier molecular flexibility index (Phi) is 3.65. The zero-order chi connectivity index (χ0) is 13.1. The Morgan fingerprint density at radius 1 is 1.21 bits per heavy atom. The number of nitrogens with zero attached hydrogens (tertiary/aromatic N) is 3. The van der Waals surface area contributed by atoms with Crippen molar-refractivity contribution in [3.05, 3.63) is 54.0 Å². The molecule has 3 rings (SSSR count). The SMILES string of the molecule is ClCc1cncc(N2CCC(c3ccccc3)C2)n1. The van der Waals surface area contributed by atoms with Crippen LogP contribution in [0.25, 0.3) is 0 Å². The van der Waals surface area contributed by atoms with Gasteiger partial charge in [-0.05, 0) is 12.0 Å². The molecule has 2 heterocycles. The molecular formula is C15H16ClN3. The molecule has 0 spiro atoms. The van der Waals surface area contributed by atoms with E-state index in [1.165, 1.54) is 5.56 Å². The van der Waals surface area contributed by atoms with E-state index < -0.39 is 0 Å². The molecule has 0 amide bonds. The quantitative estimate of drug-likeness (QED) is 0.804. The Bertz CT molecular complexity index is 544. The summed E-state index contributed by atoms with van der Waals surface area (Å²) in [6, 6.07) is 10.7. The predicted molar refractivity (Wildman–Crippen MR) is 77.6 cm³/mol. The van der Waals surface area contributed by atoms with Crippen LogP contribution in [0.15, 0.2) is 42.7 Å². The average molecular weight is 274 g/mol. The Labute approximate surface area is 118 Å². The summed E-state index contributed by atoms with van der Waals surface area (Å²) in [6.07, 6.45) is 4.71. The number of anilines is 1. The molecule has 1 aromatic carbocycles. The highest BCUT2D eigenvalue weighted by atomic mass is 35.5. The summed E-state index contributed by atoms with van der Waals surface area (Å²) in [5, 5.41) is 0. The fraction of sp³-hybridized carbons (Fsp3) is 0.333. The molecule has 0 N–H and O–H groups in total. The summed E-state index contributed by atoms with van der Waals surface area (Å²) in [4.78, 5) is 11.0. The number of aromatic nitrogens is 2. The van der Waals surface area contributed by atoms with Crippen LogP contribution in [0.3, 0.4) is 0 Å². The molecule has 1 aromatic heterocycles. The number of hydrogen-bond acceptors (Lipinski definition) is 3. The van der Waals surface area contributed by atoms with Crippen molar-refractivity contribution in [2.75, 3.05) is 18.0 Å². The lowest BCUT2D eigenvalue weighted by atomic mass is 9.99. The monoisotopic (exact) mass is 273 g/mol. The number of benzene rings is 1. The number of alkyl halides is 1. The summed E-state index contributed by atoms with van der Waals surface area (Å²) in [6.45, 7) is 2.03. The third-order valence-electron chi connectivity index (χ3n) is 3.59. The summed E-state index contributed by atoms with van der Waals surface area (Å²) in [5.74, 6) is 1.94. The van der Waals surface area contributed by atoms with Crippen LogP contribution in [0.5, 0.6) is 0 Å². The third kappa shape index (κ3) is 2.71. The molecule has 2 aromatic rings. The van der Waals surface area contributed by atoms with Crippen molar-refractivity contribution in [2.45, 2.75) is 18.2 Å². The Hall–Kier alpha value is -1.61. The van der Waals surface area contributed by atoms with Crippen LogP contribution in [0.2, 0.25) is 0 Å². The summed E-state index contributed by atoms with van der Waals surface area (Å²) in [7, 11) is 0. The number of halogens is 1. The van der Waals surface area contributed by atoms with Crippen molar-refractivity contribution in [1.82, 2.24) is 9.97 Å². The van der Waals surface area contributed by atoms with Gasteiger partial charge in [0, 0.05) is 25.2 Å². The zero-order valence-electron chi connectivity index (χ0n) is 10.7. The van der Waals surface area contributed by atoms with E-state index in [0.717, 1.165) is 31.0 Å². The first-order valence-electron chi connectivity index (χ1n) is 6.53. The molecular weight excluding hydrogens is 258 g/mol. The minimum absolute atomic E-state index is 0.413. The van der Waals surface area contributed by atoms with Gasteiger partial charge in [0.1, 0.15) is 5.82 Å². The van der Waals surface area contributed by atoms with Crippen LogP contribution >= 0.6 is 11.6 Å². The van der Waals surface area contributed by atoms with E-state index >= 15 is 0 Å². The van der Waals surface area contributed by atoms with Crippen molar-refractivity contribution >= 4 is 17.4 Å². The van der Waals surface area contributed by atoms with Crippen LogP contribution in [0, 0.1) is 0 Å². The smallest absolute Gasteiger partial charge is 0.147 e. The first-order chi connectivity index (χ1) is 9.36. The maximum Gasteiger partial charge on any atom is 0.147 e. The molecule has 0 aliphatic carbocycles. The van der Waals surface area contributed by atoms with Crippen LogP contribution in [0.1, 0.15) is 23.6 Å². The Morgan fingerprint density at radius 2 is 2.05 bits per heavy atom. The normalized spacial score (nSPS) is 18.8. The van der Waals surface area contributed by atoms with Gasteiger partial charge in [-0.15, -0.1) is 11.6 Å². The van der Waals surface area contributed by atoms with Gasteiger partial charge in [0.25, 0.3) is 0 Å². The predicted octanol–water partition coefficient (Wildman–Crippen LogP) is 3.21. The fourth-order valence-corrected chi connectivity index (χ4v) is 2.71. The Morgan fingerprint density at radius 3 is 2.84 bits per heavy atom. The first-order valence-corrected chi connectivity index (χ1v) is 7.07. The minimum atomic E-state index is 0.413. The molecule has 98 valence electrons. The largest absolute Gasteiger partial charge is 0.355 e. The Balaban J connectivity index is 1.75. The van der Waals surface area contributed by atoms with E-state index in [2.05, 4.69) is 45.2 Å². The lowest BCUT2D eigenvalue weighted by Gasteiger charge is -2.17. The highest BCUT2D eigenvalue weighted by Crippen LogP contribution is 2.29. The first kappa shape index (κ1) is 12.4.